The standard InChI is InChI=1S/C24H20ClFO3/c1-16-4-3-5-18(12-16)23(27)10-6-17-7-11-24(28-2)19(13-17)15-29-20-8-9-22(26)21(25)14-20/h3-14H,15H2,1-2H3/b10-6+. The summed E-state index contributed by atoms with van der Waals surface area (Å²) in [6.45, 7) is 2.16. The maximum absolute atomic E-state index is 13.3. The zero-order chi connectivity index (χ0) is 20.8. The van der Waals surface area contributed by atoms with Gasteiger partial charge in [-0.05, 0) is 48.9 Å². The molecule has 0 aliphatic heterocycles. The third-order valence-electron chi connectivity index (χ3n) is 4.32. The smallest absolute Gasteiger partial charge is 0.185 e. The number of rotatable bonds is 7. The van der Waals surface area contributed by atoms with Crippen LogP contribution in [0.25, 0.3) is 6.08 Å². The first-order valence-corrected chi connectivity index (χ1v) is 9.38. The topological polar surface area (TPSA) is 35.5 Å². The molecule has 0 atom stereocenters. The minimum atomic E-state index is -0.498. The van der Waals surface area contributed by atoms with Crippen LogP contribution in [0.15, 0.2) is 66.7 Å². The molecule has 0 bridgehead atoms. The van der Waals surface area contributed by atoms with E-state index in [1.54, 1.807) is 25.3 Å². The second kappa shape index (κ2) is 9.39. The van der Waals surface area contributed by atoms with E-state index in [1.165, 1.54) is 18.2 Å². The second-order valence-electron chi connectivity index (χ2n) is 6.50. The van der Waals surface area contributed by atoms with Gasteiger partial charge in [0.25, 0.3) is 0 Å². The van der Waals surface area contributed by atoms with E-state index >= 15 is 0 Å². The number of ether oxygens (including phenoxy) is 2. The summed E-state index contributed by atoms with van der Waals surface area (Å²) in [6, 6.07) is 17.2. The molecule has 3 aromatic rings. The molecule has 0 radical (unpaired) electrons. The Hall–Kier alpha value is -3.11. The number of carbonyl (C=O) groups is 1. The van der Waals surface area contributed by atoms with Crippen LogP contribution in [0.1, 0.15) is 27.0 Å². The molecule has 0 aliphatic carbocycles. The minimum absolute atomic E-state index is 0.000750. The largest absolute Gasteiger partial charge is 0.496 e. The van der Waals surface area contributed by atoms with E-state index in [-0.39, 0.29) is 17.4 Å². The van der Waals surface area contributed by atoms with Gasteiger partial charge in [0.2, 0.25) is 0 Å². The summed E-state index contributed by atoms with van der Waals surface area (Å²) in [5, 5.41) is 0.000750. The molecule has 3 aromatic carbocycles. The van der Waals surface area contributed by atoms with Gasteiger partial charge in [-0.15, -0.1) is 0 Å². The van der Waals surface area contributed by atoms with Crippen molar-refractivity contribution in [3.63, 3.8) is 0 Å². The predicted octanol–water partition coefficient (Wildman–Crippen LogP) is 6.27. The first-order valence-electron chi connectivity index (χ1n) is 9.00. The highest BCUT2D eigenvalue weighted by molar-refractivity contribution is 6.30. The molecule has 3 rings (SSSR count). The molecule has 0 aromatic heterocycles. The summed E-state index contributed by atoms with van der Waals surface area (Å²) >= 11 is 5.79. The highest BCUT2D eigenvalue weighted by Gasteiger charge is 2.07. The van der Waals surface area contributed by atoms with Gasteiger partial charge in [-0.25, -0.2) is 4.39 Å². The quantitative estimate of drug-likeness (QED) is 0.340. The van der Waals surface area contributed by atoms with Crippen molar-refractivity contribution in [3.8, 4) is 11.5 Å². The maximum Gasteiger partial charge on any atom is 0.185 e. The van der Waals surface area contributed by atoms with Crippen LogP contribution in [-0.2, 0) is 6.61 Å². The molecule has 3 nitrogen and oxygen atoms in total. The van der Waals surface area contributed by atoms with Gasteiger partial charge in [-0.3, -0.25) is 4.79 Å². The molecule has 0 N–H and O–H groups in total. The van der Waals surface area contributed by atoms with Crippen LogP contribution < -0.4 is 9.47 Å². The van der Waals surface area contributed by atoms with Crippen molar-refractivity contribution in [2.45, 2.75) is 13.5 Å². The Labute approximate surface area is 174 Å². The van der Waals surface area contributed by atoms with E-state index in [0.717, 1.165) is 16.7 Å². The van der Waals surface area contributed by atoms with Gasteiger partial charge in [0.15, 0.2) is 5.78 Å². The van der Waals surface area contributed by atoms with Crippen LogP contribution in [-0.4, -0.2) is 12.9 Å². The fourth-order valence-corrected chi connectivity index (χ4v) is 2.98. The Morgan fingerprint density at radius 1 is 1.10 bits per heavy atom. The Kier molecular flexibility index (Phi) is 6.68. The van der Waals surface area contributed by atoms with Gasteiger partial charge in [0.05, 0.1) is 12.1 Å². The van der Waals surface area contributed by atoms with E-state index in [2.05, 4.69) is 0 Å². The molecule has 148 valence electrons. The first kappa shape index (κ1) is 20.6. The number of aryl methyl sites for hydroxylation is 1. The molecule has 0 heterocycles. The van der Waals surface area contributed by atoms with Crippen LogP contribution in [0.3, 0.4) is 0 Å². The Bertz CT molecular complexity index is 1060. The molecule has 0 saturated carbocycles. The molecule has 0 aliphatic rings. The number of allylic oxidation sites excluding steroid dienone is 1. The molecule has 0 amide bonds. The van der Waals surface area contributed by atoms with Crippen molar-refractivity contribution < 1.29 is 18.7 Å². The third-order valence-corrected chi connectivity index (χ3v) is 4.61. The molecule has 0 spiro atoms. The lowest BCUT2D eigenvalue weighted by atomic mass is 10.1. The van der Waals surface area contributed by atoms with Gasteiger partial charge >= 0.3 is 0 Å². The van der Waals surface area contributed by atoms with Gasteiger partial charge in [0, 0.05) is 17.2 Å². The Morgan fingerprint density at radius 3 is 2.66 bits per heavy atom. The van der Waals surface area contributed by atoms with Crippen molar-refractivity contribution in [2.75, 3.05) is 7.11 Å². The predicted molar refractivity (Wildman–Crippen MR) is 113 cm³/mol. The SMILES string of the molecule is COc1ccc(/C=C/C(=O)c2cccc(C)c2)cc1COc1ccc(F)c(Cl)c1. The maximum atomic E-state index is 13.3. The average Bonchev–Trinajstić information content (AvgIpc) is 2.73. The van der Waals surface area contributed by atoms with E-state index in [0.29, 0.717) is 17.1 Å². The summed E-state index contributed by atoms with van der Waals surface area (Å²) in [5.41, 5.74) is 3.31. The molecular weight excluding hydrogens is 391 g/mol. The molecule has 5 heteroatoms. The van der Waals surface area contributed by atoms with Crippen LogP contribution in [0, 0.1) is 12.7 Å². The summed E-state index contributed by atoms with van der Waals surface area (Å²) in [6.07, 6.45) is 3.29. The third kappa shape index (κ3) is 5.46. The lowest BCUT2D eigenvalue weighted by Gasteiger charge is -2.11. The lowest BCUT2D eigenvalue weighted by Crippen LogP contribution is -2.00. The van der Waals surface area contributed by atoms with Crippen molar-refractivity contribution in [1.82, 2.24) is 0 Å². The van der Waals surface area contributed by atoms with Crippen LogP contribution >= 0.6 is 11.6 Å². The van der Waals surface area contributed by atoms with E-state index in [1.807, 2.05) is 43.3 Å². The van der Waals surface area contributed by atoms with Gasteiger partial charge < -0.3 is 9.47 Å². The molecule has 0 fully saturated rings. The number of hydrogen-bond donors (Lipinski definition) is 0. The summed E-state index contributed by atoms with van der Waals surface area (Å²) < 4.78 is 24.4. The molecule has 0 unspecified atom stereocenters. The van der Waals surface area contributed by atoms with Crippen molar-refractivity contribution in [2.24, 2.45) is 0 Å². The molecule has 0 saturated heterocycles. The van der Waals surface area contributed by atoms with Crippen molar-refractivity contribution in [1.29, 1.82) is 0 Å². The van der Waals surface area contributed by atoms with Gasteiger partial charge in [-0.2, -0.15) is 0 Å². The fourth-order valence-electron chi connectivity index (χ4n) is 2.81. The number of benzene rings is 3. The fraction of sp³-hybridized carbons (Fsp3) is 0.125. The Balaban J connectivity index is 1.75. The van der Waals surface area contributed by atoms with Crippen molar-refractivity contribution >= 4 is 23.5 Å². The molecular formula is C24H20ClFO3. The van der Waals surface area contributed by atoms with Gasteiger partial charge in [0.1, 0.15) is 23.9 Å². The lowest BCUT2D eigenvalue weighted by molar-refractivity contribution is 0.104. The summed E-state index contributed by atoms with van der Waals surface area (Å²) in [7, 11) is 1.57. The van der Waals surface area contributed by atoms with Crippen LogP contribution in [0.2, 0.25) is 5.02 Å². The monoisotopic (exact) mass is 410 g/mol. The summed E-state index contributed by atoms with van der Waals surface area (Å²) in [5.74, 6) is 0.541. The normalized spacial score (nSPS) is 10.9. The average molecular weight is 411 g/mol. The highest BCUT2D eigenvalue weighted by Crippen LogP contribution is 2.25. The van der Waals surface area contributed by atoms with E-state index < -0.39 is 5.82 Å². The van der Waals surface area contributed by atoms with E-state index in [9.17, 15) is 9.18 Å². The number of carbonyl (C=O) groups excluding carboxylic acids is 1. The minimum Gasteiger partial charge on any atom is -0.496 e. The van der Waals surface area contributed by atoms with Gasteiger partial charge in [-0.1, -0.05) is 47.5 Å². The van der Waals surface area contributed by atoms with Crippen molar-refractivity contribution in [3.05, 3.63) is 99.8 Å². The molecule has 29 heavy (non-hydrogen) atoms. The number of halogens is 2. The number of hydrogen-bond acceptors (Lipinski definition) is 3. The van der Waals surface area contributed by atoms with Crippen LogP contribution in [0.4, 0.5) is 4.39 Å². The number of methoxy groups -OCH3 is 1. The Morgan fingerprint density at radius 2 is 1.93 bits per heavy atom. The van der Waals surface area contributed by atoms with E-state index in [4.69, 9.17) is 21.1 Å². The zero-order valence-electron chi connectivity index (χ0n) is 16.1. The number of ketones is 1. The zero-order valence-corrected chi connectivity index (χ0v) is 16.9. The second-order valence-corrected chi connectivity index (χ2v) is 6.91. The highest BCUT2D eigenvalue weighted by atomic mass is 35.5. The summed E-state index contributed by atoms with van der Waals surface area (Å²) in [4.78, 5) is 12.4. The first-order chi connectivity index (χ1) is 14.0. The van der Waals surface area contributed by atoms with Crippen LogP contribution in [0.5, 0.6) is 11.5 Å².